The lowest BCUT2D eigenvalue weighted by atomic mass is 10.1. The number of amides is 1. The topological polar surface area (TPSA) is 78.6 Å². The second-order valence-electron chi connectivity index (χ2n) is 10.6. The number of pyridine rings is 1. The molecule has 178 valence electrons. The molecule has 2 aromatic heterocycles. The number of ether oxygens (including phenoxy) is 2. The van der Waals surface area contributed by atoms with Crippen LogP contribution in [0, 0.1) is 0 Å². The Hall–Kier alpha value is -1.84. The Bertz CT molecular complexity index is 1010. The van der Waals surface area contributed by atoms with Crippen LogP contribution < -0.4 is 5.69 Å². The summed E-state index contributed by atoms with van der Waals surface area (Å²) in [6, 6.07) is 4.48. The van der Waals surface area contributed by atoms with Gasteiger partial charge in [-0.05, 0) is 51.8 Å². The van der Waals surface area contributed by atoms with E-state index in [9.17, 15) is 9.59 Å². The Morgan fingerprint density at radius 3 is 2.47 bits per heavy atom. The number of hydrogen-bond donors (Lipinski definition) is 0. The highest BCUT2D eigenvalue weighted by atomic mass is 35.5. The van der Waals surface area contributed by atoms with Crippen molar-refractivity contribution in [1.29, 1.82) is 0 Å². The van der Waals surface area contributed by atoms with Crippen LogP contribution in [-0.4, -0.2) is 58.5 Å². The third-order valence-electron chi connectivity index (χ3n) is 5.47. The van der Waals surface area contributed by atoms with Crippen molar-refractivity contribution in [3.8, 4) is 0 Å². The molecule has 1 aliphatic rings. The van der Waals surface area contributed by atoms with E-state index in [-0.39, 0.29) is 24.6 Å². The number of aromatic nitrogens is 3. The molecule has 0 bridgehead atoms. The van der Waals surface area contributed by atoms with Crippen LogP contribution in [0.5, 0.6) is 0 Å². The third kappa shape index (κ3) is 6.14. The fraction of sp³-hybridized carbons (Fsp3) is 0.682. The lowest BCUT2D eigenvalue weighted by molar-refractivity contribution is 0.0188. The van der Waals surface area contributed by atoms with E-state index >= 15 is 0 Å². The molecule has 0 aliphatic carbocycles. The molecule has 0 atom stereocenters. The van der Waals surface area contributed by atoms with Gasteiger partial charge in [0.2, 0.25) is 0 Å². The predicted octanol–water partition coefficient (Wildman–Crippen LogP) is 4.74. The Labute approximate surface area is 195 Å². The van der Waals surface area contributed by atoms with Crippen LogP contribution >= 0.6 is 11.6 Å². The van der Waals surface area contributed by atoms with Gasteiger partial charge in [-0.3, -0.25) is 9.13 Å². The summed E-state index contributed by atoms with van der Waals surface area (Å²) in [4.78, 5) is 31.9. The summed E-state index contributed by atoms with van der Waals surface area (Å²) in [6.07, 6.45) is 0.967. The number of halogens is 1. The van der Waals surface area contributed by atoms with Gasteiger partial charge in [0.05, 0.1) is 5.52 Å². The Balaban J connectivity index is 1.78. The molecular weight excluding hydrogens is 448 g/mol. The number of hydrogen-bond acceptors (Lipinski definition) is 5. The van der Waals surface area contributed by atoms with E-state index in [4.69, 9.17) is 21.1 Å². The summed E-state index contributed by atoms with van der Waals surface area (Å²) in [7, 11) is -1.21. The first-order valence-electron chi connectivity index (χ1n) is 11.2. The zero-order chi connectivity index (χ0) is 23.7. The van der Waals surface area contributed by atoms with E-state index in [2.05, 4.69) is 24.6 Å². The predicted molar refractivity (Wildman–Crippen MR) is 129 cm³/mol. The summed E-state index contributed by atoms with van der Waals surface area (Å²) in [5.41, 5.74) is 0.585. The zero-order valence-electron chi connectivity index (χ0n) is 20.0. The average molecular weight is 483 g/mol. The van der Waals surface area contributed by atoms with Crippen LogP contribution in [-0.2, 0) is 16.2 Å². The van der Waals surface area contributed by atoms with Gasteiger partial charge in [0, 0.05) is 33.8 Å². The van der Waals surface area contributed by atoms with E-state index in [1.54, 1.807) is 20.1 Å². The molecule has 1 aliphatic heterocycles. The fourth-order valence-electron chi connectivity index (χ4n) is 3.75. The highest BCUT2D eigenvalue weighted by molar-refractivity contribution is 6.76. The maximum absolute atomic E-state index is 13.4. The van der Waals surface area contributed by atoms with Gasteiger partial charge in [-0.25, -0.2) is 14.6 Å². The van der Waals surface area contributed by atoms with Crippen LogP contribution in [0.4, 0.5) is 4.79 Å². The summed E-state index contributed by atoms with van der Waals surface area (Å²) >= 11 is 6.16. The van der Waals surface area contributed by atoms with Crippen LogP contribution in [0.3, 0.4) is 0 Å². The standard InChI is InChI=1S/C22H35ClN4O4Si/c1-22(2,3)31-21(29)25-11-9-16(10-12-25)27-19-17(7-8-18(23)24-19)26(20(27)28)15-30-13-14-32(4,5)6/h7-8,16H,9-15H2,1-6H3. The van der Waals surface area contributed by atoms with Crippen LogP contribution in [0.1, 0.15) is 39.7 Å². The molecule has 0 aromatic carbocycles. The normalized spacial score (nSPS) is 16.0. The van der Waals surface area contributed by atoms with Crippen molar-refractivity contribution in [2.45, 2.75) is 77.7 Å². The minimum atomic E-state index is -1.21. The van der Waals surface area contributed by atoms with Crippen molar-refractivity contribution >= 4 is 36.9 Å². The largest absolute Gasteiger partial charge is 0.444 e. The average Bonchev–Trinajstić information content (AvgIpc) is 2.94. The van der Waals surface area contributed by atoms with E-state index in [0.29, 0.717) is 48.9 Å². The number of piperidine rings is 1. The maximum atomic E-state index is 13.4. The van der Waals surface area contributed by atoms with Crippen molar-refractivity contribution in [3.63, 3.8) is 0 Å². The molecule has 0 saturated carbocycles. The van der Waals surface area contributed by atoms with E-state index < -0.39 is 13.7 Å². The minimum absolute atomic E-state index is 0.0714. The molecule has 3 heterocycles. The molecule has 1 amide bonds. The van der Waals surface area contributed by atoms with Crippen molar-refractivity contribution in [2.75, 3.05) is 19.7 Å². The van der Waals surface area contributed by atoms with E-state index in [1.807, 2.05) is 26.8 Å². The zero-order valence-corrected chi connectivity index (χ0v) is 21.7. The third-order valence-corrected chi connectivity index (χ3v) is 7.39. The summed E-state index contributed by atoms with van der Waals surface area (Å²) in [5, 5.41) is 0.342. The number of likely N-dealkylation sites (tertiary alicyclic amines) is 1. The van der Waals surface area contributed by atoms with Gasteiger partial charge in [0.1, 0.15) is 17.5 Å². The first kappa shape index (κ1) is 24.8. The van der Waals surface area contributed by atoms with E-state index in [0.717, 1.165) is 6.04 Å². The first-order chi connectivity index (χ1) is 14.9. The maximum Gasteiger partial charge on any atom is 0.410 e. The van der Waals surface area contributed by atoms with Crippen molar-refractivity contribution in [1.82, 2.24) is 19.0 Å². The molecule has 2 aromatic rings. The number of imidazole rings is 1. The molecule has 0 radical (unpaired) electrons. The number of carbonyl (C=O) groups excluding carboxylic acids is 1. The fourth-order valence-corrected chi connectivity index (χ4v) is 4.65. The summed E-state index contributed by atoms with van der Waals surface area (Å²) in [5.74, 6) is 0. The molecule has 0 N–H and O–H groups in total. The van der Waals surface area contributed by atoms with Gasteiger partial charge < -0.3 is 14.4 Å². The SMILES string of the molecule is CC(C)(C)OC(=O)N1CCC(n2c(=O)n(COCC[Si](C)(C)C)c3ccc(Cl)nc32)CC1. The van der Waals surface area contributed by atoms with Crippen molar-refractivity contribution in [3.05, 3.63) is 27.8 Å². The molecule has 32 heavy (non-hydrogen) atoms. The smallest absolute Gasteiger partial charge is 0.410 e. The molecular formula is C22H35ClN4O4Si. The van der Waals surface area contributed by atoms with Crippen LogP contribution in [0.15, 0.2) is 16.9 Å². The minimum Gasteiger partial charge on any atom is -0.444 e. The number of fused-ring (bicyclic) bond motifs is 1. The summed E-state index contributed by atoms with van der Waals surface area (Å²) in [6.45, 7) is 14.3. The lowest BCUT2D eigenvalue weighted by Crippen LogP contribution is -2.43. The van der Waals surface area contributed by atoms with Crippen LogP contribution in [0.25, 0.3) is 11.2 Å². The highest BCUT2D eigenvalue weighted by Gasteiger charge is 2.30. The van der Waals surface area contributed by atoms with E-state index in [1.165, 1.54) is 0 Å². The van der Waals surface area contributed by atoms with Crippen molar-refractivity contribution < 1.29 is 14.3 Å². The number of rotatable bonds is 6. The second-order valence-corrected chi connectivity index (χ2v) is 16.6. The Kier molecular flexibility index (Phi) is 7.41. The first-order valence-corrected chi connectivity index (χ1v) is 15.3. The summed E-state index contributed by atoms with van der Waals surface area (Å²) < 4.78 is 14.7. The lowest BCUT2D eigenvalue weighted by Gasteiger charge is -2.33. The van der Waals surface area contributed by atoms with Gasteiger partial charge in [-0.2, -0.15) is 0 Å². The number of carbonyl (C=O) groups is 1. The molecule has 8 nitrogen and oxygen atoms in total. The van der Waals surface area contributed by atoms with Crippen LogP contribution in [0.2, 0.25) is 30.8 Å². The second kappa shape index (κ2) is 9.57. The quantitative estimate of drug-likeness (QED) is 0.337. The molecule has 0 unspecified atom stereocenters. The monoisotopic (exact) mass is 482 g/mol. The molecule has 3 rings (SSSR count). The Morgan fingerprint density at radius 1 is 1.22 bits per heavy atom. The molecule has 10 heteroatoms. The highest BCUT2D eigenvalue weighted by Crippen LogP contribution is 2.27. The number of nitrogens with zero attached hydrogens (tertiary/aromatic N) is 4. The van der Waals surface area contributed by atoms with Gasteiger partial charge in [-0.1, -0.05) is 31.2 Å². The Morgan fingerprint density at radius 2 is 1.88 bits per heavy atom. The van der Waals surface area contributed by atoms with Gasteiger partial charge in [-0.15, -0.1) is 0 Å². The van der Waals surface area contributed by atoms with Gasteiger partial charge in [0.15, 0.2) is 5.65 Å². The van der Waals surface area contributed by atoms with Gasteiger partial charge in [0.25, 0.3) is 0 Å². The van der Waals surface area contributed by atoms with Crippen molar-refractivity contribution in [2.24, 2.45) is 0 Å². The molecule has 1 fully saturated rings. The van der Waals surface area contributed by atoms with Gasteiger partial charge >= 0.3 is 11.8 Å². The molecule has 1 saturated heterocycles. The molecule has 0 spiro atoms.